The second-order valence-electron chi connectivity index (χ2n) is 6.59. The molecule has 3 aromatic rings. The largest absolute Gasteiger partial charge is 0.489 e. The van der Waals surface area contributed by atoms with Crippen LogP contribution in [-0.4, -0.2) is 16.8 Å². The maximum atomic E-state index is 13.7. The van der Waals surface area contributed by atoms with E-state index in [0.29, 0.717) is 22.4 Å². The van der Waals surface area contributed by atoms with Gasteiger partial charge in [-0.3, -0.25) is 10.1 Å². The molecule has 0 N–H and O–H groups in total. The molecule has 0 amide bonds. The Balaban J connectivity index is 1.45. The van der Waals surface area contributed by atoms with Crippen LogP contribution in [0.4, 0.5) is 10.1 Å². The number of ether oxygens (including phenoxy) is 2. The minimum absolute atomic E-state index is 0.0678. The van der Waals surface area contributed by atoms with Crippen molar-refractivity contribution in [3.63, 3.8) is 0 Å². The lowest BCUT2D eigenvalue weighted by atomic mass is 10.2. The smallest absolute Gasteiger partial charge is 0.363 e. The van der Waals surface area contributed by atoms with Gasteiger partial charge in [-0.25, -0.2) is 14.2 Å². The average molecular weight is 418 g/mol. The maximum absolute atomic E-state index is 13.7. The number of esters is 1. The summed E-state index contributed by atoms with van der Waals surface area (Å²) < 4.78 is 24.4. The summed E-state index contributed by atoms with van der Waals surface area (Å²) in [7, 11) is 0. The Morgan fingerprint density at radius 1 is 1.03 bits per heavy atom. The second kappa shape index (κ2) is 8.58. The van der Waals surface area contributed by atoms with Gasteiger partial charge in [-0.15, -0.1) is 0 Å². The van der Waals surface area contributed by atoms with Crippen molar-refractivity contribution < 1.29 is 23.6 Å². The molecule has 0 radical (unpaired) electrons. The number of halogens is 1. The Bertz CT molecular complexity index is 1200. The first-order valence-electron chi connectivity index (χ1n) is 9.23. The lowest BCUT2D eigenvalue weighted by Crippen LogP contribution is -2.05. The number of nitro groups is 1. The number of hydrogen-bond donors (Lipinski definition) is 0. The van der Waals surface area contributed by atoms with Gasteiger partial charge in [0.15, 0.2) is 5.70 Å². The van der Waals surface area contributed by atoms with Crippen LogP contribution in [0.2, 0.25) is 0 Å². The first kappa shape index (κ1) is 20.0. The van der Waals surface area contributed by atoms with E-state index in [4.69, 9.17) is 9.47 Å². The van der Waals surface area contributed by atoms with E-state index in [1.54, 1.807) is 48.5 Å². The molecular weight excluding hydrogens is 403 g/mol. The van der Waals surface area contributed by atoms with Gasteiger partial charge in [0.05, 0.1) is 4.92 Å². The van der Waals surface area contributed by atoms with Crippen molar-refractivity contribution >= 4 is 23.6 Å². The second-order valence-corrected chi connectivity index (χ2v) is 6.59. The highest BCUT2D eigenvalue weighted by Crippen LogP contribution is 2.22. The predicted molar refractivity (Wildman–Crippen MR) is 111 cm³/mol. The number of hydrogen-bond acceptors (Lipinski definition) is 6. The number of aliphatic imine (C=N–C) groups is 1. The Hall–Kier alpha value is -4.33. The highest BCUT2D eigenvalue weighted by Gasteiger charge is 2.24. The third-order valence-electron chi connectivity index (χ3n) is 4.48. The number of carbonyl (C=O) groups is 1. The minimum atomic E-state index is -0.617. The van der Waals surface area contributed by atoms with Gasteiger partial charge < -0.3 is 9.47 Å². The van der Waals surface area contributed by atoms with Gasteiger partial charge in [-0.1, -0.05) is 30.3 Å². The summed E-state index contributed by atoms with van der Waals surface area (Å²) in [5.41, 5.74) is 1.64. The molecule has 1 aliphatic heterocycles. The number of cyclic esters (lactones) is 1. The minimum Gasteiger partial charge on any atom is -0.489 e. The lowest BCUT2D eigenvalue weighted by molar-refractivity contribution is -0.384. The molecule has 31 heavy (non-hydrogen) atoms. The fourth-order valence-electron chi connectivity index (χ4n) is 2.85. The molecule has 154 valence electrons. The van der Waals surface area contributed by atoms with E-state index in [9.17, 15) is 19.3 Å². The zero-order valence-corrected chi connectivity index (χ0v) is 16.0. The van der Waals surface area contributed by atoms with E-state index >= 15 is 0 Å². The third kappa shape index (κ3) is 4.64. The van der Waals surface area contributed by atoms with Gasteiger partial charge in [-0.05, 0) is 42.0 Å². The van der Waals surface area contributed by atoms with Gasteiger partial charge >= 0.3 is 5.97 Å². The number of rotatable bonds is 6. The standard InChI is InChI=1S/C23H15FN2O5/c24-20-4-2-1-3-17(20)14-30-19-11-5-15(6-12-19)13-21-23(27)31-22(25-21)16-7-9-18(10-8-16)26(28)29/h1-13H,14H2/b21-13-. The first-order chi connectivity index (χ1) is 15.0. The Morgan fingerprint density at radius 3 is 2.42 bits per heavy atom. The van der Waals surface area contributed by atoms with Gasteiger partial charge in [-0.2, -0.15) is 0 Å². The summed E-state index contributed by atoms with van der Waals surface area (Å²) in [6.07, 6.45) is 1.56. The van der Waals surface area contributed by atoms with Gasteiger partial charge in [0.25, 0.3) is 5.69 Å². The van der Waals surface area contributed by atoms with Crippen molar-refractivity contribution in [2.24, 2.45) is 4.99 Å². The van der Waals surface area contributed by atoms with Crippen molar-refractivity contribution in [2.75, 3.05) is 0 Å². The number of benzene rings is 3. The molecule has 1 aliphatic rings. The van der Waals surface area contributed by atoms with Crippen LogP contribution in [0.5, 0.6) is 5.75 Å². The van der Waals surface area contributed by atoms with Crippen LogP contribution in [0.3, 0.4) is 0 Å². The molecule has 0 fully saturated rings. The molecule has 0 atom stereocenters. The SMILES string of the molecule is O=C1OC(c2ccc([N+](=O)[O-])cc2)=N/C1=C\c1ccc(OCc2ccccc2F)cc1. The van der Waals surface area contributed by atoms with Gasteiger partial charge in [0.1, 0.15) is 18.2 Å². The predicted octanol–water partition coefficient (Wildman–Crippen LogP) is 4.66. The van der Waals surface area contributed by atoms with Crippen molar-refractivity contribution in [3.8, 4) is 5.75 Å². The summed E-state index contributed by atoms with van der Waals surface area (Å²) in [4.78, 5) is 26.5. The monoisotopic (exact) mass is 418 g/mol. The summed E-state index contributed by atoms with van der Waals surface area (Å²) in [6, 6.07) is 18.8. The van der Waals surface area contributed by atoms with Gasteiger partial charge in [0, 0.05) is 23.3 Å². The molecule has 1 heterocycles. The number of nitro benzene ring substituents is 1. The van der Waals surface area contributed by atoms with E-state index in [1.807, 2.05) is 0 Å². The van der Waals surface area contributed by atoms with E-state index in [0.717, 1.165) is 0 Å². The Morgan fingerprint density at radius 2 is 1.74 bits per heavy atom. The normalized spacial score (nSPS) is 14.3. The summed E-state index contributed by atoms with van der Waals surface area (Å²) in [5.74, 6) is -0.316. The quantitative estimate of drug-likeness (QED) is 0.251. The average Bonchev–Trinajstić information content (AvgIpc) is 3.14. The number of non-ortho nitro benzene ring substituents is 1. The molecule has 0 spiro atoms. The Labute approximate surface area is 176 Å². The summed E-state index contributed by atoms with van der Waals surface area (Å²) in [6.45, 7) is 0.0995. The molecule has 8 heteroatoms. The van der Waals surface area contributed by atoms with Crippen LogP contribution < -0.4 is 4.74 Å². The summed E-state index contributed by atoms with van der Waals surface area (Å²) in [5, 5.41) is 10.7. The van der Waals surface area contributed by atoms with E-state index in [1.165, 1.54) is 30.3 Å². The molecule has 0 unspecified atom stereocenters. The van der Waals surface area contributed by atoms with Crippen LogP contribution in [0.25, 0.3) is 6.08 Å². The van der Waals surface area contributed by atoms with Gasteiger partial charge in [0.2, 0.25) is 5.90 Å². The molecule has 0 bridgehead atoms. The maximum Gasteiger partial charge on any atom is 0.363 e. The van der Waals surface area contributed by atoms with Crippen LogP contribution in [0.15, 0.2) is 83.5 Å². The lowest BCUT2D eigenvalue weighted by Gasteiger charge is -2.07. The highest BCUT2D eigenvalue weighted by atomic mass is 19.1. The molecule has 4 rings (SSSR count). The summed E-state index contributed by atoms with van der Waals surface area (Å²) >= 11 is 0. The molecule has 0 aliphatic carbocycles. The van der Waals surface area contributed by atoms with Crippen LogP contribution >= 0.6 is 0 Å². The highest BCUT2D eigenvalue weighted by molar-refractivity contribution is 6.12. The topological polar surface area (TPSA) is 91.0 Å². The molecule has 0 aromatic heterocycles. The third-order valence-corrected chi connectivity index (χ3v) is 4.48. The molecule has 3 aromatic carbocycles. The van der Waals surface area contributed by atoms with Crippen molar-refractivity contribution in [3.05, 3.63) is 111 Å². The van der Waals surface area contributed by atoms with Crippen LogP contribution in [0.1, 0.15) is 16.7 Å². The zero-order chi connectivity index (χ0) is 21.8. The van der Waals surface area contributed by atoms with E-state index in [2.05, 4.69) is 4.99 Å². The molecular formula is C23H15FN2O5. The van der Waals surface area contributed by atoms with E-state index in [-0.39, 0.29) is 29.7 Å². The van der Waals surface area contributed by atoms with Crippen LogP contribution in [0, 0.1) is 15.9 Å². The molecule has 7 nitrogen and oxygen atoms in total. The number of nitrogens with zero attached hydrogens (tertiary/aromatic N) is 2. The fourth-order valence-corrected chi connectivity index (χ4v) is 2.85. The molecule has 0 saturated heterocycles. The first-order valence-corrected chi connectivity index (χ1v) is 9.23. The van der Waals surface area contributed by atoms with Crippen molar-refractivity contribution in [1.82, 2.24) is 0 Å². The zero-order valence-electron chi connectivity index (χ0n) is 16.0. The Kier molecular flexibility index (Phi) is 5.53. The van der Waals surface area contributed by atoms with E-state index < -0.39 is 10.9 Å². The van der Waals surface area contributed by atoms with Crippen molar-refractivity contribution in [2.45, 2.75) is 6.61 Å². The molecule has 0 saturated carbocycles. The van der Waals surface area contributed by atoms with Crippen LogP contribution in [-0.2, 0) is 16.1 Å². The van der Waals surface area contributed by atoms with Crippen molar-refractivity contribution in [1.29, 1.82) is 0 Å². The number of carbonyl (C=O) groups excluding carboxylic acids is 1. The fraction of sp³-hybridized carbons (Fsp3) is 0.0435.